The van der Waals surface area contributed by atoms with Crippen molar-refractivity contribution in [1.82, 2.24) is 10.2 Å². The van der Waals surface area contributed by atoms with Crippen LogP contribution in [0.1, 0.15) is 21.9 Å². The lowest BCUT2D eigenvalue weighted by Gasteiger charge is -2.15. The molecule has 3 nitrogen and oxygen atoms in total. The van der Waals surface area contributed by atoms with Gasteiger partial charge in [-0.3, -0.25) is 0 Å². The van der Waals surface area contributed by atoms with Crippen molar-refractivity contribution < 1.29 is 4.42 Å². The Morgan fingerprint density at radius 2 is 1.31 bits per heavy atom. The molecule has 1 heterocycles. The highest BCUT2D eigenvalue weighted by molar-refractivity contribution is 7.99. The molecule has 0 saturated carbocycles. The van der Waals surface area contributed by atoms with Gasteiger partial charge in [-0.25, -0.2) is 0 Å². The minimum absolute atomic E-state index is 0.101. The Labute approximate surface area is 157 Å². The fourth-order valence-corrected chi connectivity index (χ4v) is 3.76. The first kappa shape index (κ1) is 16.6. The third-order valence-corrected chi connectivity index (χ3v) is 5.27. The Bertz CT molecular complexity index is 926. The predicted molar refractivity (Wildman–Crippen MR) is 105 cm³/mol. The molecule has 0 atom stereocenters. The zero-order valence-electron chi connectivity index (χ0n) is 14.4. The van der Waals surface area contributed by atoms with Crippen LogP contribution in [-0.4, -0.2) is 10.2 Å². The van der Waals surface area contributed by atoms with Crippen LogP contribution in [0.3, 0.4) is 0 Å². The standard InChI is InChI=1S/C22H18N2OS/c1-16-12-14-19(15-13-16)21-23-24-22(25-21)26-20(17-8-4-2-5-9-17)18-10-6-3-7-11-18/h2-15,20H,1H3. The molecule has 0 saturated heterocycles. The Balaban J connectivity index is 1.63. The number of thioether (sulfide) groups is 1. The number of aromatic nitrogens is 2. The summed E-state index contributed by atoms with van der Waals surface area (Å²) in [4.78, 5) is 0. The average molecular weight is 358 g/mol. The maximum absolute atomic E-state index is 5.92. The smallest absolute Gasteiger partial charge is 0.277 e. The van der Waals surface area contributed by atoms with E-state index in [1.807, 2.05) is 36.4 Å². The molecular formula is C22H18N2OS. The molecule has 4 heteroatoms. The molecule has 0 amide bonds. The summed E-state index contributed by atoms with van der Waals surface area (Å²) in [7, 11) is 0. The van der Waals surface area contributed by atoms with Crippen molar-refractivity contribution in [3.05, 3.63) is 102 Å². The highest BCUT2D eigenvalue weighted by atomic mass is 32.2. The first-order chi connectivity index (χ1) is 12.8. The molecule has 26 heavy (non-hydrogen) atoms. The Morgan fingerprint density at radius 1 is 0.731 bits per heavy atom. The van der Waals surface area contributed by atoms with E-state index in [4.69, 9.17) is 4.42 Å². The minimum atomic E-state index is 0.101. The molecule has 0 aliphatic heterocycles. The maximum Gasteiger partial charge on any atom is 0.277 e. The van der Waals surface area contributed by atoms with E-state index < -0.39 is 0 Å². The van der Waals surface area contributed by atoms with Crippen LogP contribution in [-0.2, 0) is 0 Å². The number of aryl methyl sites for hydroxylation is 1. The highest BCUT2D eigenvalue weighted by Gasteiger charge is 2.19. The highest BCUT2D eigenvalue weighted by Crippen LogP contribution is 2.40. The fourth-order valence-electron chi connectivity index (χ4n) is 2.76. The fraction of sp³-hybridized carbons (Fsp3) is 0.0909. The van der Waals surface area contributed by atoms with Gasteiger partial charge in [0.05, 0.1) is 5.25 Å². The molecule has 128 valence electrons. The van der Waals surface area contributed by atoms with Crippen molar-refractivity contribution in [2.24, 2.45) is 0 Å². The largest absolute Gasteiger partial charge is 0.411 e. The maximum atomic E-state index is 5.92. The van der Waals surface area contributed by atoms with Gasteiger partial charge in [-0.1, -0.05) is 90.1 Å². The van der Waals surface area contributed by atoms with Crippen LogP contribution in [0.4, 0.5) is 0 Å². The summed E-state index contributed by atoms with van der Waals surface area (Å²) in [6.45, 7) is 2.06. The van der Waals surface area contributed by atoms with E-state index in [0.29, 0.717) is 11.1 Å². The summed E-state index contributed by atoms with van der Waals surface area (Å²) >= 11 is 1.57. The molecule has 1 aromatic heterocycles. The van der Waals surface area contributed by atoms with Crippen LogP contribution in [0.15, 0.2) is 94.6 Å². The van der Waals surface area contributed by atoms with E-state index in [1.165, 1.54) is 16.7 Å². The van der Waals surface area contributed by atoms with Crippen molar-refractivity contribution >= 4 is 11.8 Å². The van der Waals surface area contributed by atoms with Crippen LogP contribution in [0, 0.1) is 6.92 Å². The zero-order valence-corrected chi connectivity index (χ0v) is 15.2. The van der Waals surface area contributed by atoms with Gasteiger partial charge < -0.3 is 4.42 Å². The summed E-state index contributed by atoms with van der Waals surface area (Å²) < 4.78 is 5.92. The molecule has 0 aliphatic carbocycles. The topological polar surface area (TPSA) is 38.9 Å². The van der Waals surface area contributed by atoms with Crippen LogP contribution in [0.2, 0.25) is 0 Å². The van der Waals surface area contributed by atoms with Gasteiger partial charge in [0.2, 0.25) is 5.89 Å². The van der Waals surface area contributed by atoms with Crippen LogP contribution >= 0.6 is 11.8 Å². The molecule has 0 N–H and O–H groups in total. The molecule has 0 bridgehead atoms. The van der Waals surface area contributed by atoms with E-state index in [0.717, 1.165) is 5.56 Å². The Morgan fingerprint density at radius 3 is 1.88 bits per heavy atom. The van der Waals surface area contributed by atoms with E-state index in [2.05, 4.69) is 65.7 Å². The number of hydrogen-bond donors (Lipinski definition) is 0. The quantitative estimate of drug-likeness (QED) is 0.415. The van der Waals surface area contributed by atoms with Crippen molar-refractivity contribution in [2.45, 2.75) is 17.4 Å². The zero-order chi connectivity index (χ0) is 17.8. The van der Waals surface area contributed by atoms with Crippen molar-refractivity contribution in [2.75, 3.05) is 0 Å². The molecule has 4 aromatic rings. The minimum Gasteiger partial charge on any atom is -0.411 e. The second kappa shape index (κ2) is 7.58. The monoisotopic (exact) mass is 358 g/mol. The van der Waals surface area contributed by atoms with Crippen molar-refractivity contribution in [3.8, 4) is 11.5 Å². The third kappa shape index (κ3) is 3.70. The average Bonchev–Trinajstić information content (AvgIpc) is 3.17. The van der Waals surface area contributed by atoms with Gasteiger partial charge in [-0.15, -0.1) is 10.2 Å². The summed E-state index contributed by atoms with van der Waals surface area (Å²) in [5.74, 6) is 0.548. The number of rotatable bonds is 5. The van der Waals surface area contributed by atoms with Crippen molar-refractivity contribution in [3.63, 3.8) is 0 Å². The molecule has 0 fully saturated rings. The van der Waals surface area contributed by atoms with E-state index in [9.17, 15) is 0 Å². The van der Waals surface area contributed by atoms with Gasteiger partial charge in [0.25, 0.3) is 5.22 Å². The second-order valence-electron chi connectivity index (χ2n) is 6.06. The predicted octanol–water partition coefficient (Wildman–Crippen LogP) is 5.93. The van der Waals surface area contributed by atoms with E-state index >= 15 is 0 Å². The molecule has 0 aliphatic rings. The van der Waals surface area contributed by atoms with Crippen LogP contribution in [0.5, 0.6) is 0 Å². The number of nitrogens with zero attached hydrogens (tertiary/aromatic N) is 2. The number of benzene rings is 3. The van der Waals surface area contributed by atoms with Crippen molar-refractivity contribution in [1.29, 1.82) is 0 Å². The van der Waals surface area contributed by atoms with Gasteiger partial charge in [0, 0.05) is 5.56 Å². The molecule has 0 spiro atoms. The molecular weight excluding hydrogens is 340 g/mol. The summed E-state index contributed by atoms with van der Waals surface area (Å²) in [5, 5.41) is 9.14. The van der Waals surface area contributed by atoms with E-state index in [1.54, 1.807) is 11.8 Å². The normalized spacial score (nSPS) is 11.0. The number of hydrogen-bond acceptors (Lipinski definition) is 4. The lowest BCUT2D eigenvalue weighted by atomic mass is 10.0. The molecule has 3 aromatic carbocycles. The lowest BCUT2D eigenvalue weighted by Crippen LogP contribution is -1.96. The van der Waals surface area contributed by atoms with Crippen LogP contribution < -0.4 is 0 Å². The second-order valence-corrected chi connectivity index (χ2v) is 7.11. The van der Waals surface area contributed by atoms with Gasteiger partial charge in [-0.2, -0.15) is 0 Å². The molecule has 0 unspecified atom stereocenters. The summed E-state index contributed by atoms with van der Waals surface area (Å²) in [6.07, 6.45) is 0. The summed E-state index contributed by atoms with van der Waals surface area (Å²) in [5.41, 5.74) is 4.56. The lowest BCUT2D eigenvalue weighted by molar-refractivity contribution is 0.465. The molecule has 0 radical (unpaired) electrons. The SMILES string of the molecule is Cc1ccc(-c2nnc(SC(c3ccccc3)c3ccccc3)o2)cc1. The van der Waals surface area contributed by atoms with Gasteiger partial charge >= 0.3 is 0 Å². The first-order valence-corrected chi connectivity index (χ1v) is 9.35. The molecule has 4 rings (SSSR count). The Hall–Kier alpha value is -2.85. The first-order valence-electron chi connectivity index (χ1n) is 8.47. The van der Waals surface area contributed by atoms with Gasteiger partial charge in [0.1, 0.15) is 0 Å². The Kier molecular flexibility index (Phi) is 4.84. The van der Waals surface area contributed by atoms with Gasteiger partial charge in [-0.05, 0) is 30.2 Å². The van der Waals surface area contributed by atoms with Gasteiger partial charge in [0.15, 0.2) is 0 Å². The third-order valence-electron chi connectivity index (χ3n) is 4.13. The summed E-state index contributed by atoms with van der Waals surface area (Å²) in [6, 6.07) is 28.9. The van der Waals surface area contributed by atoms with Crippen LogP contribution in [0.25, 0.3) is 11.5 Å². The van der Waals surface area contributed by atoms with E-state index in [-0.39, 0.29) is 5.25 Å².